The Hall–Kier alpha value is -0.160. The maximum absolute atomic E-state index is 9.58. The van der Waals surface area contributed by atoms with Crippen molar-refractivity contribution >= 4 is 0 Å². The van der Waals surface area contributed by atoms with Crippen LogP contribution >= 0.6 is 0 Å². The molecule has 2 atom stereocenters. The number of likely N-dealkylation sites (N-methyl/N-ethyl adjacent to an activating group) is 1. The van der Waals surface area contributed by atoms with Crippen LogP contribution in [0, 0.1) is 0 Å². The first-order chi connectivity index (χ1) is 8.00. The molecule has 2 N–H and O–H groups in total. The van der Waals surface area contributed by atoms with E-state index in [4.69, 9.17) is 0 Å². The van der Waals surface area contributed by atoms with Crippen LogP contribution < -0.4 is 5.32 Å². The van der Waals surface area contributed by atoms with Crippen molar-refractivity contribution < 1.29 is 5.11 Å². The molecule has 1 aliphatic rings. The first-order valence-corrected chi connectivity index (χ1v) is 6.79. The van der Waals surface area contributed by atoms with Gasteiger partial charge < -0.3 is 15.3 Å². The van der Waals surface area contributed by atoms with Crippen LogP contribution in [0.3, 0.4) is 0 Å². The molecule has 17 heavy (non-hydrogen) atoms. The summed E-state index contributed by atoms with van der Waals surface area (Å²) < 4.78 is 0. The number of hydrogen-bond acceptors (Lipinski definition) is 4. The lowest BCUT2D eigenvalue weighted by molar-refractivity contribution is 0.0532. The van der Waals surface area contributed by atoms with Gasteiger partial charge in [-0.2, -0.15) is 0 Å². The van der Waals surface area contributed by atoms with Gasteiger partial charge in [0, 0.05) is 32.2 Å². The fraction of sp³-hybridized carbons (Fsp3) is 1.00. The number of aliphatic hydroxyl groups is 1. The van der Waals surface area contributed by atoms with Gasteiger partial charge in [0.2, 0.25) is 0 Å². The number of hydrogen-bond donors (Lipinski definition) is 2. The quantitative estimate of drug-likeness (QED) is 0.707. The summed E-state index contributed by atoms with van der Waals surface area (Å²) in [5.74, 6) is 0. The minimum atomic E-state index is -0.166. The predicted molar refractivity (Wildman–Crippen MR) is 72.3 cm³/mol. The number of rotatable bonds is 6. The molecule has 0 radical (unpaired) electrons. The minimum Gasteiger partial charge on any atom is -0.394 e. The molecule has 0 aromatic rings. The molecule has 1 aliphatic heterocycles. The minimum absolute atomic E-state index is 0.166. The number of piperazine rings is 1. The van der Waals surface area contributed by atoms with Crippen LogP contribution in [0.15, 0.2) is 0 Å². The fourth-order valence-corrected chi connectivity index (χ4v) is 2.45. The molecule has 1 rings (SSSR count). The van der Waals surface area contributed by atoms with Crippen molar-refractivity contribution in [2.24, 2.45) is 0 Å². The number of nitrogens with zero attached hydrogens (tertiary/aromatic N) is 2. The molecule has 1 saturated heterocycles. The normalized spacial score (nSPS) is 27.0. The van der Waals surface area contributed by atoms with Gasteiger partial charge in [0.15, 0.2) is 0 Å². The molecule has 0 bridgehead atoms. The molecule has 102 valence electrons. The maximum Gasteiger partial charge on any atom is 0.0623 e. The van der Waals surface area contributed by atoms with Crippen molar-refractivity contribution in [1.82, 2.24) is 15.1 Å². The Bertz CT molecular complexity index is 225. The molecular weight excluding hydrogens is 214 g/mol. The highest BCUT2D eigenvalue weighted by Gasteiger charge is 2.30. The summed E-state index contributed by atoms with van der Waals surface area (Å²) in [6.45, 7) is 12.0. The first kappa shape index (κ1) is 14.9. The van der Waals surface area contributed by atoms with E-state index in [1.165, 1.54) is 0 Å². The molecule has 0 saturated carbocycles. The van der Waals surface area contributed by atoms with Gasteiger partial charge in [-0.05, 0) is 33.9 Å². The summed E-state index contributed by atoms with van der Waals surface area (Å²) in [5.41, 5.74) is -0.166. The van der Waals surface area contributed by atoms with Crippen LogP contribution in [0.25, 0.3) is 0 Å². The lowest BCUT2D eigenvalue weighted by Crippen LogP contribution is -2.60. The Kier molecular flexibility index (Phi) is 5.86. The van der Waals surface area contributed by atoms with Gasteiger partial charge in [-0.3, -0.25) is 4.90 Å². The first-order valence-electron chi connectivity index (χ1n) is 6.79. The van der Waals surface area contributed by atoms with E-state index in [-0.39, 0.29) is 12.1 Å². The zero-order valence-electron chi connectivity index (χ0n) is 11.9. The smallest absolute Gasteiger partial charge is 0.0623 e. The molecule has 0 aromatic carbocycles. The molecule has 0 aromatic heterocycles. The van der Waals surface area contributed by atoms with E-state index in [0.717, 1.165) is 39.1 Å². The van der Waals surface area contributed by atoms with E-state index in [1.807, 2.05) is 0 Å². The molecule has 0 spiro atoms. The van der Waals surface area contributed by atoms with Crippen molar-refractivity contribution in [2.75, 3.05) is 46.4 Å². The SMILES string of the molecule is CCCNC(C)(CO)CN1CCN(C)CC1C. The third kappa shape index (κ3) is 4.54. The van der Waals surface area contributed by atoms with Gasteiger partial charge in [0.05, 0.1) is 12.1 Å². The van der Waals surface area contributed by atoms with E-state index in [1.54, 1.807) is 0 Å². The lowest BCUT2D eigenvalue weighted by atomic mass is 10.0. The van der Waals surface area contributed by atoms with Gasteiger partial charge in [-0.1, -0.05) is 6.92 Å². The van der Waals surface area contributed by atoms with Crippen molar-refractivity contribution in [3.63, 3.8) is 0 Å². The average Bonchev–Trinajstić information content (AvgIpc) is 2.30. The lowest BCUT2D eigenvalue weighted by Gasteiger charge is -2.43. The topological polar surface area (TPSA) is 38.7 Å². The van der Waals surface area contributed by atoms with E-state index in [0.29, 0.717) is 6.04 Å². The highest BCUT2D eigenvalue weighted by Crippen LogP contribution is 2.13. The Morgan fingerprint density at radius 3 is 2.65 bits per heavy atom. The molecule has 0 aliphatic carbocycles. The monoisotopic (exact) mass is 243 g/mol. The molecular formula is C13H29N3O. The fourth-order valence-electron chi connectivity index (χ4n) is 2.45. The van der Waals surface area contributed by atoms with Crippen LogP contribution in [0.1, 0.15) is 27.2 Å². The molecule has 2 unspecified atom stereocenters. The second-order valence-corrected chi connectivity index (χ2v) is 5.73. The molecule has 1 fully saturated rings. The second kappa shape index (κ2) is 6.69. The van der Waals surface area contributed by atoms with Gasteiger partial charge in [-0.25, -0.2) is 0 Å². The second-order valence-electron chi connectivity index (χ2n) is 5.73. The van der Waals surface area contributed by atoms with Gasteiger partial charge >= 0.3 is 0 Å². The highest BCUT2D eigenvalue weighted by atomic mass is 16.3. The summed E-state index contributed by atoms with van der Waals surface area (Å²) in [7, 11) is 2.18. The van der Waals surface area contributed by atoms with Crippen molar-refractivity contribution in [1.29, 1.82) is 0 Å². The molecule has 0 amide bonds. The molecule has 4 heteroatoms. The Balaban J connectivity index is 2.49. The van der Waals surface area contributed by atoms with E-state index < -0.39 is 0 Å². The summed E-state index contributed by atoms with van der Waals surface area (Å²) in [5, 5.41) is 13.1. The zero-order chi connectivity index (χ0) is 12.9. The molecule has 1 heterocycles. The number of aliphatic hydroxyl groups excluding tert-OH is 1. The number of nitrogens with one attached hydrogen (secondary N) is 1. The largest absolute Gasteiger partial charge is 0.394 e. The third-order valence-corrected chi connectivity index (χ3v) is 3.67. The van der Waals surface area contributed by atoms with Crippen molar-refractivity contribution in [3.8, 4) is 0 Å². The highest BCUT2D eigenvalue weighted by molar-refractivity contribution is 4.89. The Morgan fingerprint density at radius 1 is 1.41 bits per heavy atom. The third-order valence-electron chi connectivity index (χ3n) is 3.67. The Labute approximate surface area is 106 Å². The van der Waals surface area contributed by atoms with Crippen LogP contribution in [0.4, 0.5) is 0 Å². The van der Waals surface area contributed by atoms with Crippen LogP contribution in [-0.4, -0.2) is 72.9 Å². The summed E-state index contributed by atoms with van der Waals surface area (Å²) in [6, 6.07) is 0.572. The predicted octanol–water partition coefficient (Wildman–Crippen LogP) is 0.373. The zero-order valence-corrected chi connectivity index (χ0v) is 11.9. The van der Waals surface area contributed by atoms with E-state index in [9.17, 15) is 5.11 Å². The molecule has 4 nitrogen and oxygen atoms in total. The van der Waals surface area contributed by atoms with E-state index >= 15 is 0 Å². The van der Waals surface area contributed by atoms with Crippen LogP contribution in [0.5, 0.6) is 0 Å². The van der Waals surface area contributed by atoms with Gasteiger partial charge in [0.1, 0.15) is 0 Å². The van der Waals surface area contributed by atoms with E-state index in [2.05, 4.69) is 42.9 Å². The Morgan fingerprint density at radius 2 is 2.12 bits per heavy atom. The van der Waals surface area contributed by atoms with Crippen LogP contribution in [-0.2, 0) is 0 Å². The van der Waals surface area contributed by atoms with Crippen molar-refractivity contribution in [2.45, 2.75) is 38.8 Å². The summed E-state index contributed by atoms with van der Waals surface area (Å²) >= 11 is 0. The standard InChI is InChI=1S/C13H29N3O/c1-5-6-14-13(3,11-17)10-16-8-7-15(4)9-12(16)2/h12,14,17H,5-11H2,1-4H3. The summed E-state index contributed by atoms with van der Waals surface area (Å²) in [6.07, 6.45) is 1.11. The van der Waals surface area contributed by atoms with Crippen molar-refractivity contribution in [3.05, 3.63) is 0 Å². The van der Waals surface area contributed by atoms with Crippen LogP contribution in [0.2, 0.25) is 0 Å². The average molecular weight is 243 g/mol. The van der Waals surface area contributed by atoms with Gasteiger partial charge in [0.25, 0.3) is 0 Å². The van der Waals surface area contributed by atoms with Gasteiger partial charge in [-0.15, -0.1) is 0 Å². The summed E-state index contributed by atoms with van der Waals surface area (Å²) in [4.78, 5) is 4.86. The maximum atomic E-state index is 9.58.